The van der Waals surface area contributed by atoms with Crippen LogP contribution in [0, 0.1) is 12.7 Å². The monoisotopic (exact) mass is 317 g/mol. The molecule has 1 aliphatic carbocycles. The van der Waals surface area contributed by atoms with E-state index in [4.69, 9.17) is 4.52 Å². The minimum atomic E-state index is -0.538. The number of carbonyl (C=O) groups is 1. The van der Waals surface area contributed by atoms with E-state index in [9.17, 15) is 9.18 Å². The molecule has 2 aromatic rings. The maximum absolute atomic E-state index is 13.6. The molecule has 3 rings (SSSR count). The predicted molar refractivity (Wildman–Crippen MR) is 82.0 cm³/mol. The van der Waals surface area contributed by atoms with Gasteiger partial charge in [-0.15, -0.1) is 0 Å². The van der Waals surface area contributed by atoms with Gasteiger partial charge in [0.05, 0.1) is 0 Å². The number of carbonyl (C=O) groups excluding carboxylic acids is 1. The van der Waals surface area contributed by atoms with E-state index < -0.39 is 5.54 Å². The van der Waals surface area contributed by atoms with E-state index in [2.05, 4.69) is 15.5 Å². The number of rotatable bonds is 5. The van der Waals surface area contributed by atoms with Gasteiger partial charge in [-0.1, -0.05) is 36.2 Å². The van der Waals surface area contributed by atoms with E-state index in [1.807, 2.05) is 0 Å². The summed E-state index contributed by atoms with van der Waals surface area (Å²) in [5.74, 6) is 0.654. The zero-order chi connectivity index (χ0) is 16.3. The quantitative estimate of drug-likeness (QED) is 0.920. The summed E-state index contributed by atoms with van der Waals surface area (Å²) < 4.78 is 18.7. The topological polar surface area (TPSA) is 68.0 Å². The number of aromatic nitrogens is 2. The third-order valence-corrected chi connectivity index (χ3v) is 4.37. The summed E-state index contributed by atoms with van der Waals surface area (Å²) in [6.45, 7) is 1.74. The molecule has 1 amide bonds. The fourth-order valence-electron chi connectivity index (χ4n) is 3.16. The second-order valence-electron chi connectivity index (χ2n) is 6.07. The summed E-state index contributed by atoms with van der Waals surface area (Å²) in [5, 5.41) is 7.06. The normalized spacial score (nSPS) is 16.4. The Labute approximate surface area is 134 Å². The van der Waals surface area contributed by atoms with Crippen molar-refractivity contribution in [2.24, 2.45) is 0 Å². The van der Waals surface area contributed by atoms with Gasteiger partial charge in [0.1, 0.15) is 11.4 Å². The van der Waals surface area contributed by atoms with Crippen molar-refractivity contribution < 1.29 is 13.7 Å². The molecule has 0 saturated heterocycles. The van der Waals surface area contributed by atoms with Crippen molar-refractivity contribution >= 4 is 5.91 Å². The molecule has 0 aliphatic heterocycles. The van der Waals surface area contributed by atoms with Crippen LogP contribution in [0.4, 0.5) is 4.39 Å². The van der Waals surface area contributed by atoms with Crippen LogP contribution in [0.25, 0.3) is 0 Å². The molecule has 1 aromatic carbocycles. The largest absolute Gasteiger partial charge is 0.343 e. The molecule has 1 saturated carbocycles. The van der Waals surface area contributed by atoms with Crippen molar-refractivity contribution in [2.45, 2.75) is 51.0 Å². The van der Waals surface area contributed by atoms with Gasteiger partial charge in [0, 0.05) is 13.3 Å². The van der Waals surface area contributed by atoms with Crippen molar-refractivity contribution in [3.05, 3.63) is 47.4 Å². The first kappa shape index (κ1) is 15.6. The molecule has 0 unspecified atom stereocenters. The smallest absolute Gasteiger partial charge is 0.223 e. The summed E-state index contributed by atoms with van der Waals surface area (Å²) in [6, 6.07) is 6.53. The van der Waals surface area contributed by atoms with Gasteiger partial charge in [0.15, 0.2) is 5.82 Å². The minimum absolute atomic E-state index is 0.113. The van der Waals surface area contributed by atoms with Gasteiger partial charge in [-0.25, -0.2) is 4.39 Å². The summed E-state index contributed by atoms with van der Waals surface area (Å²) >= 11 is 0. The number of halogens is 1. The Morgan fingerprint density at radius 2 is 2.09 bits per heavy atom. The number of aryl methyl sites for hydroxylation is 2. The summed E-state index contributed by atoms with van der Waals surface area (Å²) in [7, 11) is 0. The zero-order valence-electron chi connectivity index (χ0n) is 13.1. The van der Waals surface area contributed by atoms with Gasteiger partial charge < -0.3 is 9.84 Å². The lowest BCUT2D eigenvalue weighted by atomic mass is 9.96. The molecule has 5 nitrogen and oxygen atoms in total. The van der Waals surface area contributed by atoms with Gasteiger partial charge >= 0.3 is 0 Å². The van der Waals surface area contributed by atoms with Gasteiger partial charge in [0.25, 0.3) is 0 Å². The highest BCUT2D eigenvalue weighted by molar-refractivity contribution is 5.77. The highest BCUT2D eigenvalue weighted by Gasteiger charge is 2.41. The average Bonchev–Trinajstić information content (AvgIpc) is 3.16. The van der Waals surface area contributed by atoms with Gasteiger partial charge in [0.2, 0.25) is 11.8 Å². The molecule has 1 N–H and O–H groups in total. The van der Waals surface area contributed by atoms with Crippen LogP contribution in [0.2, 0.25) is 0 Å². The molecule has 0 bridgehead atoms. The first-order valence-corrected chi connectivity index (χ1v) is 7.94. The highest BCUT2D eigenvalue weighted by Crippen LogP contribution is 2.37. The molecular weight excluding hydrogens is 297 g/mol. The standard InChI is InChI=1S/C17H20FN3O2/c1-12-19-16(21-23-12)17(10-4-5-11-17)20-15(22)9-8-13-6-2-3-7-14(13)18/h2-3,6-7H,4-5,8-11H2,1H3,(H,20,22). The van der Waals surface area contributed by atoms with Crippen LogP contribution in [0.5, 0.6) is 0 Å². The first-order chi connectivity index (χ1) is 11.1. The van der Waals surface area contributed by atoms with Gasteiger partial charge in [-0.3, -0.25) is 4.79 Å². The average molecular weight is 317 g/mol. The van der Waals surface area contributed by atoms with E-state index in [1.54, 1.807) is 25.1 Å². The van der Waals surface area contributed by atoms with Crippen LogP contribution in [-0.2, 0) is 16.8 Å². The van der Waals surface area contributed by atoms with E-state index in [1.165, 1.54) is 6.07 Å². The van der Waals surface area contributed by atoms with Crippen LogP contribution in [0.1, 0.15) is 49.4 Å². The maximum atomic E-state index is 13.6. The third-order valence-electron chi connectivity index (χ3n) is 4.37. The Kier molecular flexibility index (Phi) is 4.41. The third kappa shape index (κ3) is 3.41. The van der Waals surface area contributed by atoms with Crippen LogP contribution in [-0.4, -0.2) is 16.0 Å². The Hall–Kier alpha value is -2.24. The fourth-order valence-corrected chi connectivity index (χ4v) is 3.16. The predicted octanol–water partition coefficient (Wildman–Crippen LogP) is 3.04. The first-order valence-electron chi connectivity index (χ1n) is 7.94. The Morgan fingerprint density at radius 1 is 1.35 bits per heavy atom. The molecule has 0 spiro atoms. The Morgan fingerprint density at radius 3 is 2.74 bits per heavy atom. The molecule has 1 aromatic heterocycles. The SMILES string of the molecule is Cc1nc(C2(NC(=O)CCc3ccccc3F)CCCC2)no1. The lowest BCUT2D eigenvalue weighted by molar-refractivity contribution is -0.123. The molecule has 1 aliphatic rings. The van der Waals surface area contributed by atoms with Crippen molar-refractivity contribution in [1.82, 2.24) is 15.5 Å². The summed E-state index contributed by atoms with van der Waals surface area (Å²) in [4.78, 5) is 16.6. The van der Waals surface area contributed by atoms with Gasteiger partial charge in [-0.2, -0.15) is 4.98 Å². The van der Waals surface area contributed by atoms with E-state index in [0.717, 1.165) is 25.7 Å². The number of nitrogens with one attached hydrogen (secondary N) is 1. The molecule has 0 radical (unpaired) electrons. The Bertz CT molecular complexity index is 693. The van der Waals surface area contributed by atoms with Crippen molar-refractivity contribution in [2.75, 3.05) is 0 Å². The van der Waals surface area contributed by atoms with Crippen molar-refractivity contribution in [3.8, 4) is 0 Å². The maximum Gasteiger partial charge on any atom is 0.223 e. The number of amides is 1. The number of hydrogen-bond acceptors (Lipinski definition) is 4. The summed E-state index contributed by atoms with van der Waals surface area (Å²) in [5.41, 5.74) is 0.0166. The lowest BCUT2D eigenvalue weighted by Gasteiger charge is -2.26. The van der Waals surface area contributed by atoms with E-state index in [0.29, 0.717) is 23.7 Å². The summed E-state index contributed by atoms with van der Waals surface area (Å²) in [6.07, 6.45) is 4.25. The highest BCUT2D eigenvalue weighted by atomic mass is 19.1. The number of nitrogens with zero attached hydrogens (tertiary/aromatic N) is 2. The minimum Gasteiger partial charge on any atom is -0.343 e. The second kappa shape index (κ2) is 6.48. The van der Waals surface area contributed by atoms with Crippen molar-refractivity contribution in [3.63, 3.8) is 0 Å². The Balaban J connectivity index is 1.66. The van der Waals surface area contributed by atoms with Crippen LogP contribution < -0.4 is 5.32 Å². The van der Waals surface area contributed by atoms with Crippen LogP contribution >= 0.6 is 0 Å². The van der Waals surface area contributed by atoms with Crippen LogP contribution in [0.3, 0.4) is 0 Å². The fraction of sp³-hybridized carbons (Fsp3) is 0.471. The lowest BCUT2D eigenvalue weighted by Crippen LogP contribution is -2.44. The molecule has 122 valence electrons. The molecule has 23 heavy (non-hydrogen) atoms. The van der Waals surface area contributed by atoms with E-state index >= 15 is 0 Å². The van der Waals surface area contributed by atoms with Crippen molar-refractivity contribution in [1.29, 1.82) is 0 Å². The number of benzene rings is 1. The zero-order valence-corrected chi connectivity index (χ0v) is 13.1. The molecule has 6 heteroatoms. The number of hydrogen-bond donors (Lipinski definition) is 1. The van der Waals surface area contributed by atoms with Gasteiger partial charge in [-0.05, 0) is 30.9 Å². The molecular formula is C17H20FN3O2. The second-order valence-corrected chi connectivity index (χ2v) is 6.07. The van der Waals surface area contributed by atoms with E-state index in [-0.39, 0.29) is 18.1 Å². The van der Waals surface area contributed by atoms with Crippen LogP contribution in [0.15, 0.2) is 28.8 Å². The molecule has 1 heterocycles. The molecule has 1 fully saturated rings. The molecule has 0 atom stereocenters.